The van der Waals surface area contributed by atoms with Crippen LogP contribution in [0.2, 0.25) is 0 Å². The van der Waals surface area contributed by atoms with Crippen LogP contribution in [0.5, 0.6) is 0 Å². The van der Waals surface area contributed by atoms with Crippen LogP contribution in [0, 0.1) is 6.92 Å². The van der Waals surface area contributed by atoms with Crippen LogP contribution < -0.4 is 15.5 Å². The van der Waals surface area contributed by atoms with Crippen LogP contribution >= 0.6 is 23.1 Å². The first-order valence-corrected chi connectivity index (χ1v) is 12.2. The number of aliphatic hydroxyl groups excluding tert-OH is 1. The minimum atomic E-state index is -0.107. The number of thiazole rings is 1. The molecular formula is C21H26N8O2S2. The van der Waals surface area contributed by atoms with E-state index in [1.54, 1.807) is 0 Å². The molecule has 1 aliphatic rings. The number of β-amino-alcohol motifs (C(OH)–C–C–N with tert-alkyl or cyclic N) is 1. The van der Waals surface area contributed by atoms with Crippen molar-refractivity contribution >= 4 is 51.7 Å². The molecule has 1 saturated heterocycles. The molecule has 0 aliphatic carbocycles. The van der Waals surface area contributed by atoms with Crippen LogP contribution in [0.15, 0.2) is 40.5 Å². The maximum Gasteiger partial charge on any atom is 0.234 e. The fourth-order valence-electron chi connectivity index (χ4n) is 3.32. The van der Waals surface area contributed by atoms with E-state index in [0.29, 0.717) is 23.6 Å². The number of hydrogen-bond acceptors (Lipinski definition) is 11. The van der Waals surface area contributed by atoms with E-state index < -0.39 is 0 Å². The summed E-state index contributed by atoms with van der Waals surface area (Å²) in [7, 11) is 0. The number of aromatic nitrogens is 4. The molecular weight excluding hydrogens is 460 g/mol. The fourth-order valence-corrected chi connectivity index (χ4v) is 4.73. The summed E-state index contributed by atoms with van der Waals surface area (Å²) in [5, 5.41) is 16.5. The summed E-state index contributed by atoms with van der Waals surface area (Å²) in [5.74, 6) is 0.955. The molecule has 4 rings (SSSR count). The van der Waals surface area contributed by atoms with E-state index in [-0.39, 0.29) is 12.5 Å². The molecule has 2 aromatic heterocycles. The molecule has 3 aromatic rings. The number of anilines is 4. The third-order valence-corrected chi connectivity index (χ3v) is 6.60. The zero-order valence-electron chi connectivity index (χ0n) is 18.5. The van der Waals surface area contributed by atoms with E-state index >= 15 is 0 Å². The number of piperazine rings is 1. The van der Waals surface area contributed by atoms with Crippen molar-refractivity contribution in [1.82, 2.24) is 24.8 Å². The molecule has 33 heavy (non-hydrogen) atoms. The molecule has 1 aromatic carbocycles. The third kappa shape index (κ3) is 6.60. The second-order valence-electron chi connectivity index (χ2n) is 7.50. The molecule has 3 N–H and O–H groups in total. The number of carbonyl (C=O) groups excluding carboxylic acids is 1. The number of nitrogens with zero attached hydrogens (tertiary/aromatic N) is 6. The van der Waals surface area contributed by atoms with Gasteiger partial charge in [-0.2, -0.15) is 15.0 Å². The summed E-state index contributed by atoms with van der Waals surface area (Å²) in [4.78, 5) is 36.0. The Bertz CT molecular complexity index is 1080. The number of aliphatic hydroxyl groups is 1. The predicted molar refractivity (Wildman–Crippen MR) is 131 cm³/mol. The van der Waals surface area contributed by atoms with Crippen molar-refractivity contribution in [2.75, 3.05) is 54.9 Å². The maximum atomic E-state index is 11.2. The molecule has 12 heteroatoms. The van der Waals surface area contributed by atoms with Gasteiger partial charge in [0.25, 0.3) is 0 Å². The highest BCUT2D eigenvalue weighted by Crippen LogP contribution is 2.29. The molecule has 0 bridgehead atoms. The van der Waals surface area contributed by atoms with Gasteiger partial charge in [-0.25, -0.2) is 4.98 Å². The topological polar surface area (TPSA) is 119 Å². The van der Waals surface area contributed by atoms with Crippen LogP contribution in [0.3, 0.4) is 0 Å². The number of carbonyl (C=O) groups is 1. The van der Waals surface area contributed by atoms with E-state index in [2.05, 4.69) is 35.4 Å². The highest BCUT2D eigenvalue weighted by molar-refractivity contribution is 7.99. The van der Waals surface area contributed by atoms with Gasteiger partial charge < -0.3 is 15.3 Å². The molecule has 3 heterocycles. The van der Waals surface area contributed by atoms with Gasteiger partial charge in [0.2, 0.25) is 17.8 Å². The molecule has 0 spiro atoms. The van der Waals surface area contributed by atoms with E-state index in [0.717, 1.165) is 46.8 Å². The fraction of sp³-hybridized carbons (Fsp3) is 0.381. The van der Waals surface area contributed by atoms with E-state index in [1.165, 1.54) is 30.0 Å². The second kappa shape index (κ2) is 10.9. The van der Waals surface area contributed by atoms with Crippen LogP contribution in [0.25, 0.3) is 0 Å². The number of rotatable bonds is 8. The minimum Gasteiger partial charge on any atom is -0.395 e. The van der Waals surface area contributed by atoms with Gasteiger partial charge in [-0.3, -0.25) is 15.0 Å². The first-order chi connectivity index (χ1) is 16.0. The van der Waals surface area contributed by atoms with Gasteiger partial charge in [-0.1, -0.05) is 0 Å². The van der Waals surface area contributed by atoms with Crippen LogP contribution in [-0.4, -0.2) is 75.2 Å². The Morgan fingerprint density at radius 1 is 1.15 bits per heavy atom. The molecule has 1 fully saturated rings. The SMILES string of the molecule is CC(=O)Nc1ccc(Sc2nc(Nc3ncc(C)s3)nc(N3CCN(CCO)CC3)n2)cc1. The smallest absolute Gasteiger partial charge is 0.234 e. The molecule has 0 saturated carbocycles. The zero-order valence-corrected chi connectivity index (χ0v) is 20.1. The highest BCUT2D eigenvalue weighted by Gasteiger charge is 2.21. The van der Waals surface area contributed by atoms with Crippen molar-refractivity contribution in [3.05, 3.63) is 35.3 Å². The Hall–Kier alpha value is -2.80. The van der Waals surface area contributed by atoms with Crippen molar-refractivity contribution in [3.8, 4) is 0 Å². The van der Waals surface area contributed by atoms with Crippen LogP contribution in [-0.2, 0) is 4.79 Å². The van der Waals surface area contributed by atoms with E-state index in [1.807, 2.05) is 37.4 Å². The summed E-state index contributed by atoms with van der Waals surface area (Å²) in [6.45, 7) is 7.55. The molecule has 1 aliphatic heterocycles. The normalized spacial score (nSPS) is 14.3. The summed E-state index contributed by atoms with van der Waals surface area (Å²) in [6, 6.07) is 7.54. The number of nitrogens with one attached hydrogen (secondary N) is 2. The highest BCUT2D eigenvalue weighted by atomic mass is 32.2. The van der Waals surface area contributed by atoms with Gasteiger partial charge in [0, 0.05) is 61.3 Å². The Balaban J connectivity index is 1.55. The van der Waals surface area contributed by atoms with E-state index in [4.69, 9.17) is 4.98 Å². The van der Waals surface area contributed by atoms with Gasteiger partial charge in [-0.05, 0) is 43.0 Å². The van der Waals surface area contributed by atoms with Gasteiger partial charge in [0.15, 0.2) is 10.3 Å². The first kappa shape index (κ1) is 23.4. The average molecular weight is 487 g/mol. The van der Waals surface area contributed by atoms with E-state index in [9.17, 15) is 9.90 Å². The monoisotopic (exact) mass is 486 g/mol. The molecule has 174 valence electrons. The predicted octanol–water partition coefficient (Wildman–Crippen LogP) is 2.60. The number of aryl methyl sites for hydroxylation is 1. The van der Waals surface area contributed by atoms with Crippen molar-refractivity contribution in [2.24, 2.45) is 0 Å². The van der Waals surface area contributed by atoms with Gasteiger partial charge in [0.1, 0.15) is 0 Å². The van der Waals surface area contributed by atoms with Crippen molar-refractivity contribution in [3.63, 3.8) is 0 Å². The lowest BCUT2D eigenvalue weighted by Crippen LogP contribution is -2.47. The average Bonchev–Trinajstić information content (AvgIpc) is 3.20. The Kier molecular flexibility index (Phi) is 7.70. The zero-order chi connectivity index (χ0) is 23.2. The molecule has 0 atom stereocenters. The molecule has 1 amide bonds. The summed E-state index contributed by atoms with van der Waals surface area (Å²) >= 11 is 2.97. The quantitative estimate of drug-likeness (QED) is 0.438. The van der Waals surface area contributed by atoms with Crippen molar-refractivity contribution < 1.29 is 9.90 Å². The maximum absolute atomic E-state index is 11.2. The molecule has 0 radical (unpaired) electrons. The molecule has 10 nitrogen and oxygen atoms in total. The lowest BCUT2D eigenvalue weighted by atomic mass is 10.3. The third-order valence-electron chi connectivity index (χ3n) is 4.90. The van der Waals surface area contributed by atoms with Crippen LogP contribution in [0.4, 0.5) is 22.7 Å². The van der Waals surface area contributed by atoms with Crippen LogP contribution in [0.1, 0.15) is 11.8 Å². The number of hydrogen-bond donors (Lipinski definition) is 3. The Morgan fingerprint density at radius 3 is 2.55 bits per heavy atom. The number of amides is 1. The standard InChI is InChI=1S/C21H26N8O2S2/c1-14-13-22-20(32-14)25-18-24-19(29-9-7-28(8-10-29)11-12-30)27-21(26-18)33-17-5-3-16(4-6-17)23-15(2)31/h3-6,13,30H,7-12H2,1-2H3,(H,23,31)(H,22,24,25,26,27). The Morgan fingerprint density at radius 2 is 1.91 bits per heavy atom. The first-order valence-electron chi connectivity index (χ1n) is 10.6. The van der Waals surface area contributed by atoms with Gasteiger partial charge in [0.05, 0.1) is 6.61 Å². The van der Waals surface area contributed by atoms with Crippen molar-refractivity contribution in [2.45, 2.75) is 23.9 Å². The summed E-state index contributed by atoms with van der Waals surface area (Å²) in [5.41, 5.74) is 0.741. The lowest BCUT2D eigenvalue weighted by Gasteiger charge is -2.34. The van der Waals surface area contributed by atoms with Crippen molar-refractivity contribution in [1.29, 1.82) is 0 Å². The summed E-state index contributed by atoms with van der Waals surface area (Å²) in [6.07, 6.45) is 1.81. The summed E-state index contributed by atoms with van der Waals surface area (Å²) < 4.78 is 0. The van der Waals surface area contributed by atoms with Gasteiger partial charge in [-0.15, -0.1) is 11.3 Å². The lowest BCUT2D eigenvalue weighted by molar-refractivity contribution is -0.114. The number of benzene rings is 1. The molecule has 0 unspecified atom stereocenters. The van der Waals surface area contributed by atoms with Gasteiger partial charge >= 0.3 is 0 Å². The second-order valence-corrected chi connectivity index (χ2v) is 9.78. The largest absolute Gasteiger partial charge is 0.395 e. The minimum absolute atomic E-state index is 0.107. The Labute approximate surface area is 200 Å².